The Morgan fingerprint density at radius 1 is 1.05 bits per heavy atom. The molecule has 1 aliphatic heterocycles. The fourth-order valence-electron chi connectivity index (χ4n) is 2.66. The smallest absolute Gasteiger partial charge is 0.130 e. The summed E-state index contributed by atoms with van der Waals surface area (Å²) in [6, 6.07) is 12.0. The van der Waals surface area contributed by atoms with Crippen LogP contribution in [-0.2, 0) is 6.42 Å². The molecule has 0 spiro atoms. The number of phenols is 1. The lowest BCUT2D eigenvalue weighted by molar-refractivity contribution is 0.182. The monoisotopic (exact) mass is 272 g/mol. The predicted octanol–water partition coefficient (Wildman–Crippen LogP) is 4.38. The second-order valence-corrected chi connectivity index (χ2v) is 5.16. The molecule has 3 heteroatoms. The Kier molecular flexibility index (Phi) is 3.59. The summed E-state index contributed by atoms with van der Waals surface area (Å²) in [5.74, 6) is 0.697. The van der Waals surface area contributed by atoms with Gasteiger partial charge in [0.2, 0.25) is 0 Å². The van der Waals surface area contributed by atoms with Crippen LogP contribution in [0.4, 0.5) is 4.39 Å². The van der Waals surface area contributed by atoms with E-state index in [1.165, 1.54) is 6.07 Å². The highest BCUT2D eigenvalue weighted by Gasteiger charge is 2.19. The van der Waals surface area contributed by atoms with Gasteiger partial charge in [0.1, 0.15) is 23.4 Å². The molecule has 0 saturated heterocycles. The van der Waals surface area contributed by atoms with Crippen molar-refractivity contribution in [2.45, 2.75) is 31.8 Å². The number of halogens is 1. The number of rotatable bonds is 1. The number of fused-ring (bicyclic) bond motifs is 1. The number of ether oxygens (including phenoxy) is 1. The number of phenolic OH excluding ortho intramolecular Hbond substituents is 1. The van der Waals surface area contributed by atoms with E-state index in [2.05, 4.69) is 0 Å². The minimum absolute atomic E-state index is 0.0866. The molecule has 2 nitrogen and oxygen atoms in total. The third kappa shape index (κ3) is 2.62. The van der Waals surface area contributed by atoms with Crippen LogP contribution in [0.15, 0.2) is 42.5 Å². The quantitative estimate of drug-likeness (QED) is 0.835. The summed E-state index contributed by atoms with van der Waals surface area (Å²) >= 11 is 0. The second-order valence-electron chi connectivity index (χ2n) is 5.16. The molecule has 0 saturated carbocycles. The van der Waals surface area contributed by atoms with Crippen molar-refractivity contribution in [1.82, 2.24) is 0 Å². The van der Waals surface area contributed by atoms with Crippen molar-refractivity contribution in [2.24, 2.45) is 0 Å². The molecule has 0 fully saturated rings. The van der Waals surface area contributed by atoms with E-state index in [-0.39, 0.29) is 17.7 Å². The van der Waals surface area contributed by atoms with Crippen molar-refractivity contribution in [2.75, 3.05) is 0 Å². The second kappa shape index (κ2) is 5.53. The molecule has 104 valence electrons. The standard InChI is InChI=1S/C17H17FO2/c18-15-5-3-7-17-14(15)4-1-2-6-16(20-17)12-8-10-13(19)11-9-12/h3,5,7-11,16,19H,1-2,4,6H2. The van der Waals surface area contributed by atoms with Crippen LogP contribution in [0, 0.1) is 5.82 Å². The van der Waals surface area contributed by atoms with E-state index < -0.39 is 0 Å². The van der Waals surface area contributed by atoms with E-state index in [0.29, 0.717) is 11.3 Å². The highest BCUT2D eigenvalue weighted by Crippen LogP contribution is 2.34. The summed E-state index contributed by atoms with van der Waals surface area (Å²) in [5, 5.41) is 9.36. The highest BCUT2D eigenvalue weighted by molar-refractivity contribution is 5.36. The first-order valence-electron chi connectivity index (χ1n) is 6.97. The van der Waals surface area contributed by atoms with E-state index in [4.69, 9.17) is 4.74 Å². The van der Waals surface area contributed by atoms with Crippen LogP contribution in [0.3, 0.4) is 0 Å². The maximum atomic E-state index is 13.9. The van der Waals surface area contributed by atoms with Crippen LogP contribution in [0.25, 0.3) is 0 Å². The van der Waals surface area contributed by atoms with Crippen LogP contribution in [0.1, 0.15) is 36.5 Å². The van der Waals surface area contributed by atoms with Crippen LogP contribution >= 0.6 is 0 Å². The lowest BCUT2D eigenvalue weighted by atomic mass is 9.98. The first kappa shape index (κ1) is 13.0. The highest BCUT2D eigenvalue weighted by atomic mass is 19.1. The Hall–Kier alpha value is -2.03. The van der Waals surface area contributed by atoms with Crippen LogP contribution in [-0.4, -0.2) is 5.11 Å². The lowest BCUT2D eigenvalue weighted by Gasteiger charge is -2.24. The largest absolute Gasteiger partial charge is 0.508 e. The van der Waals surface area contributed by atoms with Crippen molar-refractivity contribution in [3.05, 3.63) is 59.4 Å². The molecule has 1 N–H and O–H groups in total. The zero-order valence-corrected chi connectivity index (χ0v) is 11.2. The Labute approximate surface area is 117 Å². The Bertz CT molecular complexity index is 592. The Morgan fingerprint density at radius 2 is 1.85 bits per heavy atom. The third-order valence-electron chi connectivity index (χ3n) is 3.75. The predicted molar refractivity (Wildman–Crippen MR) is 75.4 cm³/mol. The molecular weight excluding hydrogens is 255 g/mol. The Morgan fingerprint density at radius 3 is 2.65 bits per heavy atom. The molecule has 2 aromatic carbocycles. The molecule has 2 aromatic rings. The van der Waals surface area contributed by atoms with Gasteiger partial charge in [-0.05, 0) is 55.5 Å². The number of benzene rings is 2. The maximum Gasteiger partial charge on any atom is 0.130 e. The molecule has 0 amide bonds. The third-order valence-corrected chi connectivity index (χ3v) is 3.75. The molecule has 20 heavy (non-hydrogen) atoms. The summed E-state index contributed by atoms with van der Waals surface area (Å²) < 4.78 is 19.9. The number of hydrogen-bond donors (Lipinski definition) is 1. The molecule has 1 atom stereocenters. The average molecular weight is 272 g/mol. The van der Waals surface area contributed by atoms with Gasteiger partial charge in [-0.3, -0.25) is 0 Å². The van der Waals surface area contributed by atoms with Gasteiger partial charge in [-0.25, -0.2) is 4.39 Å². The normalized spacial score (nSPS) is 18.6. The van der Waals surface area contributed by atoms with Crippen molar-refractivity contribution in [3.63, 3.8) is 0 Å². The van der Waals surface area contributed by atoms with Crippen molar-refractivity contribution in [1.29, 1.82) is 0 Å². The van der Waals surface area contributed by atoms with E-state index >= 15 is 0 Å². The summed E-state index contributed by atoms with van der Waals surface area (Å²) in [6.45, 7) is 0. The zero-order chi connectivity index (χ0) is 13.9. The first-order valence-corrected chi connectivity index (χ1v) is 6.97. The summed E-state index contributed by atoms with van der Waals surface area (Å²) in [5.41, 5.74) is 1.69. The maximum absolute atomic E-state index is 13.9. The topological polar surface area (TPSA) is 29.5 Å². The SMILES string of the molecule is Oc1ccc(C2CCCCc3c(F)cccc3O2)cc1. The fraction of sp³-hybridized carbons (Fsp3) is 0.294. The summed E-state index contributed by atoms with van der Waals surface area (Å²) in [7, 11) is 0. The van der Waals surface area contributed by atoms with Gasteiger partial charge in [-0.1, -0.05) is 18.2 Å². The molecule has 1 heterocycles. The zero-order valence-electron chi connectivity index (χ0n) is 11.2. The van der Waals surface area contributed by atoms with Crippen LogP contribution in [0.5, 0.6) is 11.5 Å². The molecule has 0 radical (unpaired) electrons. The van der Waals surface area contributed by atoms with E-state index in [1.807, 2.05) is 18.2 Å². The summed E-state index contributed by atoms with van der Waals surface area (Å²) in [4.78, 5) is 0. The van der Waals surface area contributed by atoms with E-state index in [0.717, 1.165) is 31.2 Å². The molecular formula is C17H17FO2. The molecule has 0 aromatic heterocycles. The Balaban J connectivity index is 1.92. The fourth-order valence-corrected chi connectivity index (χ4v) is 2.66. The minimum atomic E-state index is -0.186. The molecule has 0 aliphatic carbocycles. The van der Waals surface area contributed by atoms with Gasteiger partial charge in [0.15, 0.2) is 0 Å². The lowest BCUT2D eigenvalue weighted by Crippen LogP contribution is -2.12. The van der Waals surface area contributed by atoms with Gasteiger partial charge in [0.05, 0.1) is 0 Å². The number of aromatic hydroxyl groups is 1. The average Bonchev–Trinajstić information content (AvgIpc) is 2.41. The molecule has 1 aliphatic rings. The van der Waals surface area contributed by atoms with Crippen molar-refractivity contribution < 1.29 is 14.2 Å². The minimum Gasteiger partial charge on any atom is -0.508 e. The van der Waals surface area contributed by atoms with Gasteiger partial charge in [-0.15, -0.1) is 0 Å². The molecule has 0 bridgehead atoms. The van der Waals surface area contributed by atoms with Crippen LogP contribution < -0.4 is 4.74 Å². The van der Waals surface area contributed by atoms with Gasteiger partial charge in [0.25, 0.3) is 0 Å². The number of hydrogen-bond acceptors (Lipinski definition) is 2. The molecule has 3 rings (SSSR count). The van der Waals surface area contributed by atoms with Gasteiger partial charge in [-0.2, -0.15) is 0 Å². The van der Waals surface area contributed by atoms with E-state index in [9.17, 15) is 9.50 Å². The van der Waals surface area contributed by atoms with Crippen molar-refractivity contribution in [3.8, 4) is 11.5 Å². The van der Waals surface area contributed by atoms with Gasteiger partial charge < -0.3 is 9.84 Å². The van der Waals surface area contributed by atoms with Gasteiger partial charge >= 0.3 is 0 Å². The van der Waals surface area contributed by atoms with E-state index in [1.54, 1.807) is 18.2 Å². The van der Waals surface area contributed by atoms with Crippen LogP contribution in [0.2, 0.25) is 0 Å². The first-order chi connectivity index (χ1) is 9.74. The van der Waals surface area contributed by atoms with Gasteiger partial charge in [0, 0.05) is 5.56 Å². The van der Waals surface area contributed by atoms with Crippen molar-refractivity contribution >= 4 is 0 Å². The summed E-state index contributed by atoms with van der Waals surface area (Å²) in [6.07, 6.45) is 3.51. The molecule has 1 unspecified atom stereocenters.